The molecule has 0 aliphatic heterocycles. The van der Waals surface area contributed by atoms with Crippen LogP contribution in [0.1, 0.15) is 12.5 Å². The molecule has 0 atom stereocenters. The Hall–Kier alpha value is -2.50. The number of hydrogen-bond acceptors (Lipinski definition) is 4. The summed E-state index contributed by atoms with van der Waals surface area (Å²) in [5.41, 5.74) is 0.694. The predicted octanol–water partition coefficient (Wildman–Crippen LogP) is 1.77. The van der Waals surface area contributed by atoms with E-state index in [1.165, 1.54) is 37.3 Å². The van der Waals surface area contributed by atoms with Crippen molar-refractivity contribution in [3.8, 4) is 0 Å². The third kappa shape index (κ3) is 3.53. The second kappa shape index (κ2) is 5.55. The maximum absolute atomic E-state index is 10.9. The number of non-ortho nitro benzene ring substituents is 1. The Morgan fingerprint density at radius 1 is 1.47 bits per heavy atom. The number of carbonyl (C=O) groups excluding carboxylic acids is 2. The minimum Gasteiger partial charge on any atom is -0.326 e. The van der Waals surface area contributed by atoms with E-state index >= 15 is 0 Å². The number of anilines is 1. The minimum absolute atomic E-state index is 0.128. The van der Waals surface area contributed by atoms with Gasteiger partial charge in [0.25, 0.3) is 5.69 Å². The van der Waals surface area contributed by atoms with E-state index in [2.05, 4.69) is 5.32 Å². The molecule has 0 heterocycles. The van der Waals surface area contributed by atoms with E-state index in [9.17, 15) is 19.7 Å². The summed E-state index contributed by atoms with van der Waals surface area (Å²) in [7, 11) is 0. The molecule has 0 saturated heterocycles. The number of benzene rings is 1. The molecule has 1 aromatic rings. The lowest BCUT2D eigenvalue weighted by Gasteiger charge is -2.06. The largest absolute Gasteiger partial charge is 0.326 e. The molecule has 0 saturated carbocycles. The van der Waals surface area contributed by atoms with Gasteiger partial charge in [0.1, 0.15) is 6.29 Å². The van der Waals surface area contributed by atoms with Crippen LogP contribution in [0, 0.1) is 10.1 Å². The second-order valence-electron chi connectivity index (χ2n) is 3.21. The molecule has 0 radical (unpaired) electrons. The fourth-order valence-corrected chi connectivity index (χ4v) is 1.24. The van der Waals surface area contributed by atoms with E-state index in [0.717, 1.165) is 0 Å². The summed E-state index contributed by atoms with van der Waals surface area (Å²) in [6, 6.07) is 4.01. The number of allylic oxidation sites excluding steroid dienone is 1. The second-order valence-corrected chi connectivity index (χ2v) is 3.21. The smallest absolute Gasteiger partial charge is 0.271 e. The van der Waals surface area contributed by atoms with Crippen LogP contribution in [-0.2, 0) is 9.59 Å². The first-order chi connectivity index (χ1) is 8.04. The van der Waals surface area contributed by atoms with Crippen molar-refractivity contribution in [1.29, 1.82) is 0 Å². The highest BCUT2D eigenvalue weighted by Gasteiger charge is 2.10. The predicted molar refractivity (Wildman–Crippen MR) is 62.5 cm³/mol. The van der Waals surface area contributed by atoms with Crippen molar-refractivity contribution >= 4 is 29.6 Å². The molecule has 6 heteroatoms. The first-order valence-electron chi connectivity index (χ1n) is 4.72. The summed E-state index contributed by atoms with van der Waals surface area (Å²) in [6.45, 7) is 1.30. The fourth-order valence-electron chi connectivity index (χ4n) is 1.24. The van der Waals surface area contributed by atoms with E-state index in [4.69, 9.17) is 0 Å². The Bertz CT molecular complexity index is 494. The molecule has 1 rings (SSSR count). The van der Waals surface area contributed by atoms with Gasteiger partial charge in [-0.05, 0) is 23.8 Å². The Kier molecular flexibility index (Phi) is 4.10. The van der Waals surface area contributed by atoms with Crippen molar-refractivity contribution in [2.75, 3.05) is 5.32 Å². The summed E-state index contributed by atoms with van der Waals surface area (Å²) in [6.07, 6.45) is 3.29. The van der Waals surface area contributed by atoms with Gasteiger partial charge in [-0.25, -0.2) is 0 Å². The maximum Gasteiger partial charge on any atom is 0.271 e. The molecule has 0 aliphatic carbocycles. The molecule has 88 valence electrons. The van der Waals surface area contributed by atoms with Gasteiger partial charge in [-0.3, -0.25) is 19.7 Å². The number of rotatable bonds is 4. The molecule has 6 nitrogen and oxygen atoms in total. The number of nitro benzene ring substituents is 1. The van der Waals surface area contributed by atoms with Gasteiger partial charge in [-0.1, -0.05) is 0 Å². The molecule has 0 aliphatic rings. The molecule has 1 N–H and O–H groups in total. The number of amides is 1. The zero-order valence-corrected chi connectivity index (χ0v) is 9.04. The quantitative estimate of drug-likeness (QED) is 0.372. The number of carbonyl (C=O) groups is 2. The van der Waals surface area contributed by atoms with Crippen LogP contribution in [0.2, 0.25) is 0 Å². The highest BCUT2D eigenvalue weighted by atomic mass is 16.6. The van der Waals surface area contributed by atoms with E-state index in [1.54, 1.807) is 0 Å². The molecule has 0 bridgehead atoms. The molecule has 0 aromatic heterocycles. The van der Waals surface area contributed by atoms with Gasteiger partial charge in [0.05, 0.1) is 10.6 Å². The first-order valence-corrected chi connectivity index (χ1v) is 4.72. The van der Waals surface area contributed by atoms with Gasteiger partial charge in [-0.2, -0.15) is 0 Å². The number of nitrogens with zero attached hydrogens (tertiary/aromatic N) is 1. The van der Waals surface area contributed by atoms with E-state index in [-0.39, 0.29) is 11.6 Å². The van der Waals surface area contributed by atoms with Gasteiger partial charge >= 0.3 is 0 Å². The SMILES string of the molecule is CC(=O)Nc1cc([N+](=O)[O-])ccc1/C=C/C=O. The van der Waals surface area contributed by atoms with Crippen molar-refractivity contribution < 1.29 is 14.5 Å². The van der Waals surface area contributed by atoms with Crippen LogP contribution in [0.15, 0.2) is 24.3 Å². The number of nitrogens with one attached hydrogen (secondary N) is 1. The van der Waals surface area contributed by atoms with Gasteiger partial charge < -0.3 is 5.32 Å². The van der Waals surface area contributed by atoms with Crippen molar-refractivity contribution in [2.24, 2.45) is 0 Å². The van der Waals surface area contributed by atoms with Crippen LogP contribution in [0.4, 0.5) is 11.4 Å². The van der Waals surface area contributed by atoms with Crippen molar-refractivity contribution in [3.63, 3.8) is 0 Å². The highest BCUT2D eigenvalue weighted by Crippen LogP contribution is 2.23. The van der Waals surface area contributed by atoms with Crippen LogP contribution in [0.5, 0.6) is 0 Å². The minimum atomic E-state index is -0.557. The third-order valence-corrected chi connectivity index (χ3v) is 1.91. The maximum atomic E-state index is 10.9. The van der Waals surface area contributed by atoms with Crippen LogP contribution in [-0.4, -0.2) is 17.1 Å². The first kappa shape index (κ1) is 12.6. The molecule has 1 amide bonds. The topological polar surface area (TPSA) is 89.3 Å². The molecule has 0 fully saturated rings. The van der Waals surface area contributed by atoms with Gasteiger partial charge in [0.15, 0.2) is 0 Å². The molecule has 17 heavy (non-hydrogen) atoms. The molecule has 0 spiro atoms. The van der Waals surface area contributed by atoms with Crippen LogP contribution >= 0.6 is 0 Å². The summed E-state index contributed by atoms with van der Waals surface area (Å²) in [5, 5.41) is 13.0. The number of hydrogen-bond donors (Lipinski definition) is 1. The highest BCUT2D eigenvalue weighted by molar-refractivity contribution is 5.92. The summed E-state index contributed by atoms with van der Waals surface area (Å²) in [5.74, 6) is -0.341. The van der Waals surface area contributed by atoms with E-state index in [1.807, 2.05) is 0 Å². The normalized spacial score (nSPS) is 10.2. The Labute approximate surface area is 97.1 Å². The van der Waals surface area contributed by atoms with Crippen LogP contribution in [0.25, 0.3) is 6.08 Å². The third-order valence-electron chi connectivity index (χ3n) is 1.91. The Balaban J connectivity index is 3.20. The van der Waals surface area contributed by atoms with E-state index in [0.29, 0.717) is 17.5 Å². The zero-order valence-electron chi connectivity index (χ0n) is 9.04. The average molecular weight is 234 g/mol. The molecule has 1 aromatic carbocycles. The summed E-state index contributed by atoms with van der Waals surface area (Å²) < 4.78 is 0. The lowest BCUT2D eigenvalue weighted by atomic mass is 10.1. The lowest BCUT2D eigenvalue weighted by Crippen LogP contribution is -2.07. The molecule has 0 unspecified atom stereocenters. The van der Waals surface area contributed by atoms with Gasteiger partial charge in [-0.15, -0.1) is 0 Å². The van der Waals surface area contributed by atoms with Gasteiger partial charge in [0.2, 0.25) is 5.91 Å². The number of aldehydes is 1. The summed E-state index contributed by atoms with van der Waals surface area (Å²) in [4.78, 5) is 31.2. The summed E-state index contributed by atoms with van der Waals surface area (Å²) >= 11 is 0. The van der Waals surface area contributed by atoms with Crippen LogP contribution < -0.4 is 5.32 Å². The van der Waals surface area contributed by atoms with Crippen molar-refractivity contribution in [3.05, 3.63) is 40.0 Å². The Morgan fingerprint density at radius 3 is 2.71 bits per heavy atom. The standard InChI is InChI=1S/C11H10N2O4/c1-8(15)12-11-7-10(13(16)17)5-4-9(11)3-2-6-14/h2-7H,1H3,(H,12,15)/b3-2+. The van der Waals surface area contributed by atoms with Crippen molar-refractivity contribution in [2.45, 2.75) is 6.92 Å². The zero-order chi connectivity index (χ0) is 12.8. The Morgan fingerprint density at radius 2 is 2.18 bits per heavy atom. The van der Waals surface area contributed by atoms with E-state index < -0.39 is 4.92 Å². The van der Waals surface area contributed by atoms with Crippen molar-refractivity contribution in [1.82, 2.24) is 0 Å². The van der Waals surface area contributed by atoms with Crippen LogP contribution in [0.3, 0.4) is 0 Å². The van der Waals surface area contributed by atoms with Gasteiger partial charge in [0, 0.05) is 19.1 Å². The monoisotopic (exact) mass is 234 g/mol. The number of nitro groups is 1. The lowest BCUT2D eigenvalue weighted by molar-refractivity contribution is -0.384. The average Bonchev–Trinajstić information content (AvgIpc) is 2.26. The molecular weight excluding hydrogens is 224 g/mol. The fraction of sp³-hybridized carbons (Fsp3) is 0.0909. The molecular formula is C11H10N2O4.